The van der Waals surface area contributed by atoms with Gasteiger partial charge in [0.05, 0.1) is 0 Å². The Labute approximate surface area is 132 Å². The van der Waals surface area contributed by atoms with Crippen LogP contribution in [0.1, 0.15) is 44.5 Å². The fraction of sp³-hybridized carbons (Fsp3) is 0.529. The van der Waals surface area contributed by atoms with Crippen molar-refractivity contribution in [1.29, 1.82) is 0 Å². The van der Waals surface area contributed by atoms with E-state index in [4.69, 9.17) is 5.73 Å². The number of rotatable bonds is 7. The van der Waals surface area contributed by atoms with E-state index in [0.29, 0.717) is 23.7 Å². The van der Waals surface area contributed by atoms with Crippen molar-refractivity contribution in [3.63, 3.8) is 0 Å². The van der Waals surface area contributed by atoms with Crippen molar-refractivity contribution in [3.05, 3.63) is 29.8 Å². The monoisotopic (exact) mass is 305 g/mol. The van der Waals surface area contributed by atoms with Crippen molar-refractivity contribution in [2.75, 3.05) is 11.9 Å². The molecule has 0 aliphatic rings. The highest BCUT2D eigenvalue weighted by molar-refractivity contribution is 5.96. The normalized spacial score (nSPS) is 12.3. The second-order valence-electron chi connectivity index (χ2n) is 6.26. The number of amides is 2. The zero-order chi connectivity index (χ0) is 16.7. The Morgan fingerprint density at radius 1 is 1.09 bits per heavy atom. The summed E-state index contributed by atoms with van der Waals surface area (Å²) in [6.45, 7) is 8.28. The Balaban J connectivity index is 2.65. The van der Waals surface area contributed by atoms with Crippen LogP contribution in [0.5, 0.6) is 0 Å². The predicted molar refractivity (Wildman–Crippen MR) is 89.7 cm³/mol. The van der Waals surface area contributed by atoms with Crippen LogP contribution in [0.2, 0.25) is 0 Å². The van der Waals surface area contributed by atoms with Crippen LogP contribution in [0.25, 0.3) is 0 Å². The summed E-state index contributed by atoms with van der Waals surface area (Å²) in [5.74, 6) is 0.210. The lowest BCUT2D eigenvalue weighted by Gasteiger charge is -2.19. The average Bonchev–Trinajstić information content (AvgIpc) is 2.46. The topological polar surface area (TPSA) is 84.2 Å². The number of hydrogen-bond donors (Lipinski definition) is 3. The van der Waals surface area contributed by atoms with Gasteiger partial charge in [0, 0.05) is 29.8 Å². The molecular weight excluding hydrogens is 278 g/mol. The molecule has 0 radical (unpaired) electrons. The maximum Gasteiger partial charge on any atom is 0.251 e. The smallest absolute Gasteiger partial charge is 0.251 e. The molecule has 5 heteroatoms. The summed E-state index contributed by atoms with van der Waals surface area (Å²) in [5, 5.41) is 5.74. The Bertz CT molecular complexity index is 495. The fourth-order valence-corrected chi connectivity index (χ4v) is 2.04. The highest BCUT2D eigenvalue weighted by atomic mass is 16.2. The first-order valence-corrected chi connectivity index (χ1v) is 7.75. The molecule has 22 heavy (non-hydrogen) atoms. The number of benzene rings is 1. The minimum Gasteiger partial charge on any atom is -0.348 e. The highest BCUT2D eigenvalue weighted by Gasteiger charge is 2.14. The summed E-state index contributed by atoms with van der Waals surface area (Å²) < 4.78 is 0. The third-order valence-electron chi connectivity index (χ3n) is 3.31. The molecule has 5 nitrogen and oxygen atoms in total. The SMILES string of the molecule is CC(C)CC(CN)NC(=O)c1ccc(NC(=O)C(C)C)cc1. The van der Waals surface area contributed by atoms with Crippen LogP contribution in [0, 0.1) is 11.8 Å². The van der Waals surface area contributed by atoms with Crippen molar-refractivity contribution in [3.8, 4) is 0 Å². The van der Waals surface area contributed by atoms with Gasteiger partial charge in [0.2, 0.25) is 5.91 Å². The molecule has 0 saturated carbocycles. The first kappa shape index (κ1) is 18.2. The van der Waals surface area contributed by atoms with Gasteiger partial charge in [-0.15, -0.1) is 0 Å². The minimum atomic E-state index is -0.141. The first-order valence-electron chi connectivity index (χ1n) is 7.75. The summed E-state index contributed by atoms with van der Waals surface area (Å²) in [6, 6.07) is 6.85. The maximum atomic E-state index is 12.2. The highest BCUT2D eigenvalue weighted by Crippen LogP contribution is 2.12. The van der Waals surface area contributed by atoms with E-state index < -0.39 is 0 Å². The van der Waals surface area contributed by atoms with Crippen molar-refractivity contribution in [2.45, 2.75) is 40.2 Å². The van der Waals surface area contributed by atoms with Crippen LogP contribution in [-0.2, 0) is 4.79 Å². The molecule has 1 rings (SSSR count). The van der Waals surface area contributed by atoms with Crippen LogP contribution in [0.15, 0.2) is 24.3 Å². The van der Waals surface area contributed by atoms with E-state index in [1.807, 2.05) is 13.8 Å². The van der Waals surface area contributed by atoms with Gasteiger partial charge in [-0.05, 0) is 36.6 Å². The first-order chi connectivity index (χ1) is 10.3. The second kappa shape index (κ2) is 8.54. The molecule has 0 aromatic heterocycles. The van der Waals surface area contributed by atoms with Crippen molar-refractivity contribution < 1.29 is 9.59 Å². The molecule has 1 unspecified atom stereocenters. The molecule has 1 aromatic carbocycles. The van der Waals surface area contributed by atoms with Gasteiger partial charge in [0.1, 0.15) is 0 Å². The van der Waals surface area contributed by atoms with Crippen molar-refractivity contribution in [2.24, 2.45) is 17.6 Å². The lowest BCUT2D eigenvalue weighted by molar-refractivity contribution is -0.118. The van der Waals surface area contributed by atoms with Gasteiger partial charge in [-0.2, -0.15) is 0 Å². The second-order valence-corrected chi connectivity index (χ2v) is 6.26. The zero-order valence-corrected chi connectivity index (χ0v) is 13.8. The van der Waals surface area contributed by atoms with Gasteiger partial charge in [0.15, 0.2) is 0 Å². The number of nitrogens with one attached hydrogen (secondary N) is 2. The quantitative estimate of drug-likeness (QED) is 0.723. The summed E-state index contributed by atoms with van der Waals surface area (Å²) in [7, 11) is 0. The largest absolute Gasteiger partial charge is 0.348 e. The zero-order valence-electron chi connectivity index (χ0n) is 13.8. The standard InChI is InChI=1S/C17H27N3O2/c1-11(2)9-15(10-18)20-17(22)13-5-7-14(8-6-13)19-16(21)12(3)4/h5-8,11-12,15H,9-10,18H2,1-4H3,(H,19,21)(H,20,22). The predicted octanol–water partition coefficient (Wildman–Crippen LogP) is 2.38. The van der Waals surface area contributed by atoms with Crippen LogP contribution < -0.4 is 16.4 Å². The molecule has 0 bridgehead atoms. The molecule has 122 valence electrons. The molecule has 4 N–H and O–H groups in total. The van der Waals surface area contributed by atoms with Gasteiger partial charge in [0.25, 0.3) is 5.91 Å². The Hall–Kier alpha value is -1.88. The number of carbonyl (C=O) groups excluding carboxylic acids is 2. The van der Waals surface area contributed by atoms with Crippen LogP contribution in [0.4, 0.5) is 5.69 Å². The van der Waals surface area contributed by atoms with Crippen LogP contribution in [0.3, 0.4) is 0 Å². The summed E-state index contributed by atoms with van der Waals surface area (Å²) in [6.07, 6.45) is 0.852. The molecule has 0 aliphatic heterocycles. The van der Waals surface area contributed by atoms with E-state index in [2.05, 4.69) is 24.5 Å². The van der Waals surface area contributed by atoms with E-state index in [-0.39, 0.29) is 23.8 Å². The van der Waals surface area contributed by atoms with Gasteiger partial charge in [-0.1, -0.05) is 27.7 Å². The number of anilines is 1. The van der Waals surface area contributed by atoms with E-state index in [1.54, 1.807) is 24.3 Å². The fourth-order valence-electron chi connectivity index (χ4n) is 2.04. The number of carbonyl (C=O) groups is 2. The molecule has 0 saturated heterocycles. The van der Waals surface area contributed by atoms with E-state index >= 15 is 0 Å². The van der Waals surface area contributed by atoms with Crippen molar-refractivity contribution in [1.82, 2.24) is 5.32 Å². The molecule has 0 heterocycles. The Morgan fingerprint density at radius 2 is 1.68 bits per heavy atom. The molecular formula is C17H27N3O2. The number of nitrogens with two attached hydrogens (primary N) is 1. The minimum absolute atomic E-state index is 0.0205. The van der Waals surface area contributed by atoms with Gasteiger partial charge in [-0.3, -0.25) is 9.59 Å². The third kappa shape index (κ3) is 5.85. The molecule has 0 fully saturated rings. The molecule has 1 atom stereocenters. The molecule has 2 amide bonds. The van der Waals surface area contributed by atoms with Crippen molar-refractivity contribution >= 4 is 17.5 Å². The van der Waals surface area contributed by atoms with Crippen LogP contribution >= 0.6 is 0 Å². The molecule has 0 aliphatic carbocycles. The van der Waals surface area contributed by atoms with E-state index in [0.717, 1.165) is 6.42 Å². The van der Waals surface area contributed by atoms with Gasteiger partial charge < -0.3 is 16.4 Å². The van der Waals surface area contributed by atoms with Gasteiger partial charge in [-0.25, -0.2) is 0 Å². The average molecular weight is 305 g/mol. The Morgan fingerprint density at radius 3 is 2.14 bits per heavy atom. The van der Waals surface area contributed by atoms with E-state index in [9.17, 15) is 9.59 Å². The summed E-state index contributed by atoms with van der Waals surface area (Å²) in [4.78, 5) is 23.8. The summed E-state index contributed by atoms with van der Waals surface area (Å²) >= 11 is 0. The molecule has 0 spiro atoms. The lowest BCUT2D eigenvalue weighted by atomic mass is 10.0. The molecule has 1 aromatic rings. The van der Waals surface area contributed by atoms with Gasteiger partial charge >= 0.3 is 0 Å². The third-order valence-corrected chi connectivity index (χ3v) is 3.31. The summed E-state index contributed by atoms with van der Waals surface area (Å²) in [5.41, 5.74) is 6.94. The maximum absolute atomic E-state index is 12.2. The lowest BCUT2D eigenvalue weighted by Crippen LogP contribution is -2.41. The van der Waals surface area contributed by atoms with E-state index in [1.165, 1.54) is 0 Å². The van der Waals surface area contributed by atoms with Crippen LogP contribution in [-0.4, -0.2) is 24.4 Å². The number of hydrogen-bond acceptors (Lipinski definition) is 3. The Kier molecular flexibility index (Phi) is 7.05.